The number of anilines is 1. The predicted octanol–water partition coefficient (Wildman–Crippen LogP) is 1.53. The van der Waals surface area contributed by atoms with E-state index in [0.717, 1.165) is 32.7 Å². The van der Waals surface area contributed by atoms with Gasteiger partial charge in [0.25, 0.3) is 6.85 Å². The number of morpholine rings is 1. The van der Waals surface area contributed by atoms with Gasteiger partial charge in [0.05, 0.1) is 13.2 Å². The molecule has 17 heavy (non-hydrogen) atoms. The first-order valence-corrected chi connectivity index (χ1v) is 6.26. The lowest BCUT2D eigenvalue weighted by Crippen LogP contribution is -2.45. The summed E-state index contributed by atoms with van der Waals surface area (Å²) in [5.41, 5.74) is 2.53. The first-order chi connectivity index (χ1) is 8.42. The molecule has 0 amide bonds. The van der Waals surface area contributed by atoms with Crippen molar-refractivity contribution in [2.75, 3.05) is 38.0 Å². The molecule has 0 bridgehead atoms. The monoisotopic (exact) mass is 228 g/mol. The van der Waals surface area contributed by atoms with Gasteiger partial charge in [-0.2, -0.15) is 0 Å². The molecule has 2 aliphatic rings. The van der Waals surface area contributed by atoms with Gasteiger partial charge in [-0.3, -0.25) is 0 Å². The zero-order valence-corrected chi connectivity index (χ0v) is 9.93. The lowest BCUT2D eigenvalue weighted by Gasteiger charge is -2.30. The fraction of sp³-hybridized carbons (Fsp3) is 0.385. The van der Waals surface area contributed by atoms with Crippen LogP contribution in [0, 0.1) is 0 Å². The summed E-state index contributed by atoms with van der Waals surface area (Å²) in [4.78, 5) is 2.46. The molecule has 4 heteroatoms. The first kappa shape index (κ1) is 10.9. The van der Waals surface area contributed by atoms with Gasteiger partial charge in [-0.1, -0.05) is 30.3 Å². The summed E-state index contributed by atoms with van der Waals surface area (Å²) in [6, 6.07) is 8.44. The average molecular weight is 228 g/mol. The molecule has 0 aliphatic carbocycles. The Morgan fingerprint density at radius 1 is 1.24 bits per heavy atom. The number of rotatable bonds is 2. The maximum Gasteiger partial charge on any atom is 0.293 e. The van der Waals surface area contributed by atoms with Crippen LogP contribution in [0.3, 0.4) is 0 Å². The number of fused-ring (bicyclic) bond motifs is 1. The molecule has 0 spiro atoms. The summed E-state index contributed by atoms with van der Waals surface area (Å²) >= 11 is 0. The molecule has 0 unspecified atom stereocenters. The third-order valence-corrected chi connectivity index (χ3v) is 3.37. The second kappa shape index (κ2) is 4.94. The minimum Gasteiger partial charge on any atom is -0.423 e. The van der Waals surface area contributed by atoms with Crippen LogP contribution in [-0.2, 0) is 4.74 Å². The van der Waals surface area contributed by atoms with Crippen molar-refractivity contribution >= 4 is 18.6 Å². The van der Waals surface area contributed by atoms with E-state index in [-0.39, 0.29) is 0 Å². The van der Waals surface area contributed by atoms with Gasteiger partial charge in [-0.25, -0.2) is 0 Å². The van der Waals surface area contributed by atoms with E-state index < -0.39 is 0 Å². The molecule has 3 nitrogen and oxygen atoms in total. The summed E-state index contributed by atoms with van der Waals surface area (Å²) in [6.45, 7) is 4.25. The van der Waals surface area contributed by atoms with Crippen LogP contribution < -0.4 is 5.23 Å². The van der Waals surface area contributed by atoms with Gasteiger partial charge in [0, 0.05) is 25.2 Å². The van der Waals surface area contributed by atoms with Crippen LogP contribution in [0.25, 0.3) is 6.08 Å². The third kappa shape index (κ3) is 2.53. The van der Waals surface area contributed by atoms with Crippen molar-refractivity contribution in [2.45, 2.75) is 0 Å². The minimum absolute atomic E-state index is 0.419. The summed E-state index contributed by atoms with van der Waals surface area (Å²) in [5, 5.41) is 3.57. The molecule has 0 atom stereocenters. The van der Waals surface area contributed by atoms with Crippen molar-refractivity contribution in [3.8, 4) is 0 Å². The normalized spacial score (nSPS) is 19.9. The fourth-order valence-corrected chi connectivity index (χ4v) is 2.41. The Kier molecular flexibility index (Phi) is 3.16. The van der Waals surface area contributed by atoms with Gasteiger partial charge in [0.15, 0.2) is 0 Å². The maximum absolute atomic E-state index is 5.37. The van der Waals surface area contributed by atoms with Crippen LogP contribution in [0.2, 0.25) is 0 Å². The van der Waals surface area contributed by atoms with E-state index in [0.29, 0.717) is 6.85 Å². The molecule has 0 saturated carbocycles. The van der Waals surface area contributed by atoms with Crippen molar-refractivity contribution in [3.05, 3.63) is 35.8 Å². The Morgan fingerprint density at radius 2 is 2.06 bits per heavy atom. The quantitative estimate of drug-likeness (QED) is 0.777. The lowest BCUT2D eigenvalue weighted by atomic mass is 9.59. The van der Waals surface area contributed by atoms with Crippen LogP contribution in [0.5, 0.6) is 0 Å². The van der Waals surface area contributed by atoms with Crippen molar-refractivity contribution in [3.63, 3.8) is 0 Å². The average Bonchev–Trinajstić information content (AvgIpc) is 2.40. The van der Waals surface area contributed by atoms with Gasteiger partial charge >= 0.3 is 0 Å². The standard InChI is InChI=1S/C13H17BN2O/c1-2-4-13-12(3-1)5-6-14(15-13)11-16-7-9-17-10-8-16/h1-6,15H,7-11H2. The third-order valence-electron chi connectivity index (χ3n) is 3.37. The van der Waals surface area contributed by atoms with E-state index in [4.69, 9.17) is 4.74 Å². The highest BCUT2D eigenvalue weighted by Crippen LogP contribution is 2.21. The van der Waals surface area contributed by atoms with E-state index >= 15 is 0 Å². The first-order valence-electron chi connectivity index (χ1n) is 6.26. The van der Waals surface area contributed by atoms with E-state index in [9.17, 15) is 0 Å². The molecule has 2 heterocycles. The molecule has 0 aromatic heterocycles. The highest BCUT2D eigenvalue weighted by molar-refractivity contribution is 6.69. The van der Waals surface area contributed by atoms with Gasteiger partial charge < -0.3 is 14.9 Å². The summed E-state index contributed by atoms with van der Waals surface area (Å²) in [6.07, 6.45) is 3.28. The van der Waals surface area contributed by atoms with E-state index in [2.05, 4.69) is 46.4 Å². The zero-order chi connectivity index (χ0) is 11.5. The minimum atomic E-state index is 0.419. The smallest absolute Gasteiger partial charge is 0.293 e. The van der Waals surface area contributed by atoms with Crippen LogP contribution in [0.4, 0.5) is 5.69 Å². The second-order valence-electron chi connectivity index (χ2n) is 4.61. The number of nitrogens with one attached hydrogen (secondary N) is 1. The summed E-state index contributed by atoms with van der Waals surface area (Å²) in [5.74, 6) is 2.26. The van der Waals surface area contributed by atoms with Crippen LogP contribution in [0.1, 0.15) is 5.56 Å². The van der Waals surface area contributed by atoms with E-state index in [1.54, 1.807) is 0 Å². The Labute approximate surface area is 103 Å². The Hall–Kier alpha value is -1.26. The molecule has 1 saturated heterocycles. The number of hydrogen-bond acceptors (Lipinski definition) is 3. The summed E-state index contributed by atoms with van der Waals surface area (Å²) < 4.78 is 5.37. The number of benzene rings is 1. The molecule has 2 aliphatic heterocycles. The molecular formula is C13H17BN2O. The van der Waals surface area contributed by atoms with Crippen molar-refractivity contribution in [1.82, 2.24) is 4.90 Å². The Balaban J connectivity index is 1.64. The number of hydrogen-bond donors (Lipinski definition) is 1. The van der Waals surface area contributed by atoms with Gasteiger partial charge in [0.2, 0.25) is 0 Å². The zero-order valence-electron chi connectivity index (χ0n) is 9.93. The molecule has 1 aromatic rings. The largest absolute Gasteiger partial charge is 0.423 e. The molecule has 1 N–H and O–H groups in total. The van der Waals surface area contributed by atoms with Crippen LogP contribution in [0.15, 0.2) is 30.2 Å². The highest BCUT2D eigenvalue weighted by Gasteiger charge is 2.21. The summed E-state index contributed by atoms with van der Waals surface area (Å²) in [7, 11) is 0. The van der Waals surface area contributed by atoms with E-state index in [1.807, 2.05) is 0 Å². The van der Waals surface area contributed by atoms with Crippen molar-refractivity contribution < 1.29 is 4.74 Å². The highest BCUT2D eigenvalue weighted by atomic mass is 16.5. The van der Waals surface area contributed by atoms with Crippen LogP contribution >= 0.6 is 0 Å². The maximum atomic E-state index is 5.37. The Morgan fingerprint density at radius 3 is 2.94 bits per heavy atom. The molecular weight excluding hydrogens is 211 g/mol. The van der Waals surface area contributed by atoms with Gasteiger partial charge in [0.1, 0.15) is 0 Å². The SMILES string of the molecule is C1=Cc2ccccc2NB1CN1CCOCC1. The molecule has 0 radical (unpaired) electrons. The number of ether oxygens (including phenoxy) is 1. The van der Waals surface area contributed by atoms with Crippen molar-refractivity contribution in [1.29, 1.82) is 0 Å². The predicted molar refractivity (Wildman–Crippen MR) is 72.1 cm³/mol. The number of para-hydroxylation sites is 1. The van der Waals surface area contributed by atoms with Crippen LogP contribution in [-0.4, -0.2) is 44.5 Å². The van der Waals surface area contributed by atoms with Gasteiger partial charge in [-0.15, -0.1) is 0 Å². The van der Waals surface area contributed by atoms with Gasteiger partial charge in [-0.05, 0) is 11.6 Å². The number of nitrogens with zero attached hydrogens (tertiary/aromatic N) is 1. The molecule has 3 rings (SSSR count). The Bertz CT molecular complexity index is 416. The molecule has 88 valence electrons. The molecule has 1 aromatic carbocycles. The topological polar surface area (TPSA) is 24.5 Å². The van der Waals surface area contributed by atoms with Crippen molar-refractivity contribution in [2.24, 2.45) is 0 Å². The lowest BCUT2D eigenvalue weighted by molar-refractivity contribution is 0.0460. The van der Waals surface area contributed by atoms with E-state index in [1.165, 1.54) is 11.3 Å². The second-order valence-corrected chi connectivity index (χ2v) is 4.61. The fourth-order valence-electron chi connectivity index (χ4n) is 2.41. The molecule has 1 fully saturated rings.